The minimum Gasteiger partial charge on any atom is -0.258 e. The number of rotatable bonds is 5. The molecule has 0 aliphatic carbocycles. The fourth-order valence-corrected chi connectivity index (χ4v) is 1.80. The van der Waals surface area contributed by atoms with E-state index in [1.54, 1.807) is 16.8 Å². The Kier molecular flexibility index (Phi) is 3.88. The molecule has 0 spiro atoms. The third-order valence-electron chi connectivity index (χ3n) is 2.57. The molecule has 0 unspecified atom stereocenters. The zero-order chi connectivity index (χ0) is 13.0. The van der Waals surface area contributed by atoms with Crippen LogP contribution in [0.2, 0.25) is 0 Å². The number of benzene rings is 1. The molecule has 0 atom stereocenters. The maximum Gasteiger partial charge on any atom is 0.269 e. The Bertz CT molecular complexity index is 538. The monoisotopic (exact) mass is 266 g/mol. The molecule has 0 aliphatic rings. The summed E-state index contributed by atoms with van der Waals surface area (Å²) >= 11 is 5.71. The summed E-state index contributed by atoms with van der Waals surface area (Å²) in [4.78, 5) is 14.1. The molecule has 2 rings (SSSR count). The second-order valence-electron chi connectivity index (χ2n) is 3.71. The van der Waals surface area contributed by atoms with Crippen molar-refractivity contribution in [2.75, 3.05) is 0 Å². The number of nitro benzene ring substituents is 1. The van der Waals surface area contributed by atoms with Crippen LogP contribution in [0.4, 0.5) is 5.69 Å². The largest absolute Gasteiger partial charge is 0.269 e. The number of non-ortho nitro benzene ring substituents is 1. The van der Waals surface area contributed by atoms with Crippen molar-refractivity contribution in [2.45, 2.75) is 18.8 Å². The van der Waals surface area contributed by atoms with Crippen molar-refractivity contribution in [3.8, 4) is 0 Å². The predicted octanol–water partition coefficient (Wildman–Crippen LogP) is 2.17. The van der Waals surface area contributed by atoms with Crippen LogP contribution < -0.4 is 0 Å². The quantitative estimate of drug-likeness (QED) is 0.472. The highest BCUT2D eigenvalue weighted by molar-refractivity contribution is 6.16. The topological polar surface area (TPSA) is 73.8 Å². The molecule has 0 saturated carbocycles. The van der Waals surface area contributed by atoms with Crippen molar-refractivity contribution in [1.29, 1.82) is 0 Å². The Labute approximate surface area is 108 Å². The SMILES string of the molecule is O=[N+]([O-])c1ccc(CCn2ncnc2CCl)cc1. The van der Waals surface area contributed by atoms with Gasteiger partial charge in [-0.3, -0.25) is 10.1 Å². The average molecular weight is 267 g/mol. The highest BCUT2D eigenvalue weighted by Gasteiger charge is 2.05. The number of aryl methyl sites for hydroxylation is 2. The lowest BCUT2D eigenvalue weighted by atomic mass is 10.1. The Balaban J connectivity index is 2.00. The van der Waals surface area contributed by atoms with Gasteiger partial charge >= 0.3 is 0 Å². The molecule has 0 amide bonds. The summed E-state index contributed by atoms with van der Waals surface area (Å²) in [6, 6.07) is 6.49. The molecule has 0 N–H and O–H groups in total. The molecule has 1 aromatic carbocycles. The van der Waals surface area contributed by atoms with Crippen LogP contribution in [0.5, 0.6) is 0 Å². The van der Waals surface area contributed by atoms with Gasteiger partial charge in [0.15, 0.2) is 0 Å². The molecule has 94 valence electrons. The van der Waals surface area contributed by atoms with E-state index in [9.17, 15) is 10.1 Å². The highest BCUT2D eigenvalue weighted by atomic mass is 35.5. The van der Waals surface area contributed by atoms with Gasteiger partial charge in [0.05, 0.1) is 10.8 Å². The second kappa shape index (κ2) is 5.59. The summed E-state index contributed by atoms with van der Waals surface area (Å²) < 4.78 is 1.73. The van der Waals surface area contributed by atoms with Gasteiger partial charge in [0.1, 0.15) is 12.2 Å². The number of nitro groups is 1. The van der Waals surface area contributed by atoms with E-state index in [0.29, 0.717) is 12.4 Å². The van der Waals surface area contributed by atoms with Gasteiger partial charge in [-0.2, -0.15) is 5.10 Å². The second-order valence-corrected chi connectivity index (χ2v) is 3.97. The lowest BCUT2D eigenvalue weighted by molar-refractivity contribution is -0.384. The zero-order valence-corrected chi connectivity index (χ0v) is 10.2. The van der Waals surface area contributed by atoms with Gasteiger partial charge in [0.2, 0.25) is 0 Å². The van der Waals surface area contributed by atoms with Crippen LogP contribution in [0.1, 0.15) is 11.4 Å². The molecular formula is C11H11ClN4O2. The molecule has 0 aliphatic heterocycles. The summed E-state index contributed by atoms with van der Waals surface area (Å²) in [5.41, 5.74) is 1.11. The third-order valence-corrected chi connectivity index (χ3v) is 2.81. The number of hydrogen-bond donors (Lipinski definition) is 0. The van der Waals surface area contributed by atoms with Crippen LogP contribution in [0, 0.1) is 10.1 Å². The summed E-state index contributed by atoms with van der Waals surface area (Å²) in [6.45, 7) is 0.653. The number of aromatic nitrogens is 3. The lowest BCUT2D eigenvalue weighted by Gasteiger charge is -2.04. The van der Waals surface area contributed by atoms with Crippen molar-refractivity contribution in [1.82, 2.24) is 14.8 Å². The first-order valence-electron chi connectivity index (χ1n) is 5.36. The molecule has 18 heavy (non-hydrogen) atoms. The number of halogens is 1. The van der Waals surface area contributed by atoms with Crippen LogP contribution in [0.25, 0.3) is 0 Å². The number of alkyl halides is 1. The van der Waals surface area contributed by atoms with E-state index in [2.05, 4.69) is 10.1 Å². The van der Waals surface area contributed by atoms with Crippen LogP contribution in [0.15, 0.2) is 30.6 Å². The summed E-state index contributed by atoms with van der Waals surface area (Å²) in [6.07, 6.45) is 2.19. The number of nitrogens with zero attached hydrogens (tertiary/aromatic N) is 4. The molecule has 0 fully saturated rings. The lowest BCUT2D eigenvalue weighted by Crippen LogP contribution is -2.06. The summed E-state index contributed by atoms with van der Waals surface area (Å²) in [5, 5.41) is 14.6. The van der Waals surface area contributed by atoms with Gasteiger partial charge in [-0.25, -0.2) is 9.67 Å². The van der Waals surface area contributed by atoms with E-state index in [-0.39, 0.29) is 5.69 Å². The average Bonchev–Trinajstić information content (AvgIpc) is 2.84. The minimum atomic E-state index is -0.410. The van der Waals surface area contributed by atoms with Gasteiger partial charge in [-0.1, -0.05) is 12.1 Å². The van der Waals surface area contributed by atoms with E-state index < -0.39 is 4.92 Å². The summed E-state index contributed by atoms with van der Waals surface area (Å²) in [5.74, 6) is 1.04. The van der Waals surface area contributed by atoms with E-state index in [1.807, 2.05) is 0 Å². The molecule has 7 heteroatoms. The zero-order valence-electron chi connectivity index (χ0n) is 9.49. The van der Waals surface area contributed by atoms with E-state index >= 15 is 0 Å². The first-order valence-corrected chi connectivity index (χ1v) is 5.90. The number of hydrogen-bond acceptors (Lipinski definition) is 4. The Morgan fingerprint density at radius 3 is 2.67 bits per heavy atom. The molecule has 0 saturated heterocycles. The first kappa shape index (κ1) is 12.5. The smallest absolute Gasteiger partial charge is 0.258 e. The molecule has 1 aromatic heterocycles. The first-order chi connectivity index (χ1) is 8.70. The molecule has 1 heterocycles. The van der Waals surface area contributed by atoms with Gasteiger partial charge in [-0.05, 0) is 12.0 Å². The fraction of sp³-hybridized carbons (Fsp3) is 0.273. The van der Waals surface area contributed by atoms with Crippen molar-refractivity contribution < 1.29 is 4.92 Å². The Morgan fingerprint density at radius 1 is 1.33 bits per heavy atom. The van der Waals surface area contributed by atoms with Crippen LogP contribution in [-0.2, 0) is 18.8 Å². The van der Waals surface area contributed by atoms with Gasteiger partial charge in [0, 0.05) is 18.7 Å². The van der Waals surface area contributed by atoms with Gasteiger partial charge in [0.25, 0.3) is 5.69 Å². The Morgan fingerprint density at radius 2 is 2.06 bits per heavy atom. The van der Waals surface area contributed by atoms with E-state index in [4.69, 9.17) is 11.6 Å². The predicted molar refractivity (Wildman–Crippen MR) is 66.4 cm³/mol. The fourth-order valence-electron chi connectivity index (χ4n) is 1.60. The molecule has 2 aromatic rings. The van der Waals surface area contributed by atoms with Crippen LogP contribution in [-0.4, -0.2) is 19.7 Å². The third kappa shape index (κ3) is 2.84. The molecule has 0 radical (unpaired) electrons. The molecular weight excluding hydrogens is 256 g/mol. The van der Waals surface area contributed by atoms with Crippen molar-refractivity contribution >= 4 is 17.3 Å². The van der Waals surface area contributed by atoms with Gasteiger partial charge < -0.3 is 0 Å². The van der Waals surface area contributed by atoms with Crippen molar-refractivity contribution in [3.05, 3.63) is 52.1 Å². The van der Waals surface area contributed by atoms with Crippen molar-refractivity contribution in [2.24, 2.45) is 0 Å². The normalized spacial score (nSPS) is 10.5. The molecule has 6 nitrogen and oxygen atoms in total. The standard InChI is InChI=1S/C11H11ClN4O2/c12-7-11-13-8-14-15(11)6-5-9-1-3-10(4-2-9)16(17)18/h1-4,8H,5-7H2. The van der Waals surface area contributed by atoms with Crippen LogP contribution in [0.3, 0.4) is 0 Å². The Hall–Kier alpha value is -1.95. The maximum absolute atomic E-state index is 10.5. The van der Waals surface area contributed by atoms with E-state index in [0.717, 1.165) is 17.8 Å². The van der Waals surface area contributed by atoms with E-state index in [1.165, 1.54) is 18.5 Å². The molecule has 0 bridgehead atoms. The maximum atomic E-state index is 10.5. The van der Waals surface area contributed by atoms with Crippen molar-refractivity contribution in [3.63, 3.8) is 0 Å². The highest BCUT2D eigenvalue weighted by Crippen LogP contribution is 2.12. The van der Waals surface area contributed by atoms with Gasteiger partial charge in [-0.15, -0.1) is 11.6 Å². The summed E-state index contributed by atoms with van der Waals surface area (Å²) in [7, 11) is 0. The minimum absolute atomic E-state index is 0.0981. The van der Waals surface area contributed by atoms with Crippen LogP contribution >= 0.6 is 11.6 Å².